The molecule has 0 bridgehead atoms. The average Bonchev–Trinajstić information content (AvgIpc) is 3.42. The lowest BCUT2D eigenvalue weighted by Gasteiger charge is -2.09. The molecule has 0 aliphatic carbocycles. The molecule has 0 spiro atoms. The maximum Gasteiger partial charge on any atom is 0.333 e. The number of carbonyl (C=O) groups is 1. The highest BCUT2D eigenvalue weighted by Gasteiger charge is 2.03. The summed E-state index contributed by atoms with van der Waals surface area (Å²) >= 11 is 0. The maximum absolute atomic E-state index is 11.2. The van der Waals surface area contributed by atoms with Gasteiger partial charge in [0, 0.05) is 19.3 Å². The zero-order chi connectivity index (χ0) is 54.7. The molecule has 0 aliphatic heterocycles. The van der Waals surface area contributed by atoms with E-state index in [1.165, 1.54) is 0 Å². The molecule has 0 amide bonds. The van der Waals surface area contributed by atoms with Gasteiger partial charge in [0.05, 0.1) is 277 Å². The fraction of sp³-hybridized carbons (Fsp3) is 0.941. The molecule has 0 radical (unpaired) electrons. The second-order valence-corrected chi connectivity index (χ2v) is 15.4. The lowest BCUT2D eigenvalue weighted by atomic mass is 10.4. The van der Waals surface area contributed by atoms with Crippen molar-refractivity contribution in [3.63, 3.8) is 0 Å². The van der Waals surface area contributed by atoms with Crippen molar-refractivity contribution >= 4 is 5.97 Å². The lowest BCUT2D eigenvalue weighted by Crippen LogP contribution is -2.15. The Kier molecular flexibility index (Phi) is 67.8. The van der Waals surface area contributed by atoms with Crippen molar-refractivity contribution in [2.75, 3.05) is 305 Å². The van der Waals surface area contributed by atoms with E-state index < -0.39 is 5.97 Å². The molecule has 0 aliphatic rings. The molecule has 0 saturated heterocycles. The lowest BCUT2D eigenvalue weighted by molar-refractivity contribution is -0.140. The van der Waals surface area contributed by atoms with Gasteiger partial charge in [-0.05, 0) is 13.3 Å². The minimum atomic E-state index is -0.418. The molecular weight excluding hydrogens is 1010 g/mol. The molecular formula is C51H100O25. The first-order chi connectivity index (χ1) is 37.7. The average molecular weight is 1110 g/mol. The van der Waals surface area contributed by atoms with Crippen LogP contribution in [-0.4, -0.2) is 311 Å². The fourth-order valence-electron chi connectivity index (χ4n) is 5.18. The summed E-state index contributed by atoms with van der Waals surface area (Å²) < 4.78 is 130. The highest BCUT2D eigenvalue weighted by atomic mass is 16.7. The molecule has 25 nitrogen and oxygen atoms in total. The van der Waals surface area contributed by atoms with Gasteiger partial charge in [0.25, 0.3) is 0 Å². The highest BCUT2D eigenvalue weighted by molar-refractivity contribution is 5.86. The van der Waals surface area contributed by atoms with Crippen LogP contribution in [0.5, 0.6) is 0 Å². The van der Waals surface area contributed by atoms with E-state index in [2.05, 4.69) is 6.58 Å². The first kappa shape index (κ1) is 74.3. The van der Waals surface area contributed by atoms with Gasteiger partial charge in [0.2, 0.25) is 0 Å². The Morgan fingerprint density at radius 2 is 0.395 bits per heavy atom. The van der Waals surface area contributed by atoms with E-state index in [9.17, 15) is 4.79 Å². The highest BCUT2D eigenvalue weighted by Crippen LogP contribution is 1.94. The van der Waals surface area contributed by atoms with Crippen LogP contribution in [0.4, 0.5) is 0 Å². The number of methoxy groups -OCH3 is 1. The van der Waals surface area contributed by atoms with Crippen molar-refractivity contribution in [1.82, 2.24) is 0 Å². The molecule has 76 heavy (non-hydrogen) atoms. The topological polar surface area (TPSA) is 239 Å². The zero-order valence-electron chi connectivity index (χ0n) is 46.4. The van der Waals surface area contributed by atoms with Crippen LogP contribution in [0.2, 0.25) is 0 Å². The monoisotopic (exact) mass is 1110 g/mol. The first-order valence-corrected chi connectivity index (χ1v) is 26.7. The Labute approximate surface area is 453 Å². The standard InChI is InChI=1S/C51H100O25/c1-50(2)51(52)76-48-47-73-44-43-71-40-39-69-36-35-67-32-31-62-22-21-60-18-17-58-14-13-56-10-9-54-5-4-6-74-49-75-46-45-72-42-41-70-38-37-68-34-33-66-30-29-65-28-27-64-26-25-63-24-23-61-20-19-59-16-15-57-12-11-55-8-7-53-3/h1,4-49H2,2-3H3. The summed E-state index contributed by atoms with van der Waals surface area (Å²) in [6.07, 6.45) is 0.760. The molecule has 0 unspecified atom stereocenters. The van der Waals surface area contributed by atoms with Crippen molar-refractivity contribution in [2.45, 2.75) is 13.3 Å². The third kappa shape index (κ3) is 68.4. The van der Waals surface area contributed by atoms with Crippen LogP contribution in [0.25, 0.3) is 0 Å². The fourth-order valence-corrected chi connectivity index (χ4v) is 5.18. The Bertz CT molecular complexity index is 1100. The summed E-state index contributed by atoms with van der Waals surface area (Å²) in [5, 5.41) is 0. The summed E-state index contributed by atoms with van der Waals surface area (Å²) in [7, 11) is 1.64. The summed E-state index contributed by atoms with van der Waals surface area (Å²) in [5.74, 6) is -0.418. The van der Waals surface area contributed by atoms with E-state index in [4.69, 9.17) is 114 Å². The number of hydrogen-bond donors (Lipinski definition) is 0. The van der Waals surface area contributed by atoms with Gasteiger partial charge in [0.15, 0.2) is 0 Å². The molecule has 0 aromatic heterocycles. The quantitative estimate of drug-likeness (QED) is 0.0363. The van der Waals surface area contributed by atoms with E-state index in [-0.39, 0.29) is 13.4 Å². The zero-order valence-corrected chi connectivity index (χ0v) is 46.4. The summed E-state index contributed by atoms with van der Waals surface area (Å²) in [6, 6.07) is 0. The number of esters is 1. The van der Waals surface area contributed by atoms with Crippen LogP contribution in [0.15, 0.2) is 12.2 Å². The smallest absolute Gasteiger partial charge is 0.333 e. The molecule has 0 rings (SSSR count). The van der Waals surface area contributed by atoms with Gasteiger partial charge in [-0.1, -0.05) is 6.58 Å². The minimum absolute atomic E-state index is 0.191. The van der Waals surface area contributed by atoms with Crippen LogP contribution in [0, 0.1) is 0 Å². The molecule has 0 atom stereocenters. The Balaban J connectivity index is 3.09. The van der Waals surface area contributed by atoms with Crippen LogP contribution in [-0.2, 0) is 118 Å². The second-order valence-electron chi connectivity index (χ2n) is 15.4. The molecule has 0 heterocycles. The van der Waals surface area contributed by atoms with Crippen molar-refractivity contribution < 1.29 is 118 Å². The van der Waals surface area contributed by atoms with Crippen molar-refractivity contribution in [2.24, 2.45) is 0 Å². The van der Waals surface area contributed by atoms with Crippen molar-refractivity contribution in [3.05, 3.63) is 12.2 Å². The van der Waals surface area contributed by atoms with Crippen LogP contribution < -0.4 is 0 Å². The third-order valence-corrected chi connectivity index (χ3v) is 9.05. The second kappa shape index (κ2) is 69.4. The van der Waals surface area contributed by atoms with E-state index in [0.29, 0.717) is 290 Å². The van der Waals surface area contributed by atoms with E-state index >= 15 is 0 Å². The Morgan fingerprint density at radius 1 is 0.237 bits per heavy atom. The molecule has 454 valence electrons. The molecule has 0 saturated carbocycles. The summed E-state index contributed by atoms with van der Waals surface area (Å²) in [5.41, 5.74) is 0.365. The maximum atomic E-state index is 11.2. The van der Waals surface area contributed by atoms with Crippen molar-refractivity contribution in [3.8, 4) is 0 Å². The number of hydrogen-bond acceptors (Lipinski definition) is 25. The predicted molar refractivity (Wildman–Crippen MR) is 275 cm³/mol. The van der Waals surface area contributed by atoms with Crippen LogP contribution in [0.3, 0.4) is 0 Å². The largest absolute Gasteiger partial charge is 0.460 e. The summed E-state index contributed by atoms with van der Waals surface area (Å²) in [4.78, 5) is 11.2. The molecule has 25 heteroatoms. The van der Waals surface area contributed by atoms with E-state index in [1.54, 1.807) is 14.0 Å². The Morgan fingerprint density at radius 3 is 0.605 bits per heavy atom. The van der Waals surface area contributed by atoms with Crippen LogP contribution >= 0.6 is 0 Å². The normalized spacial score (nSPS) is 11.6. The number of ether oxygens (including phenoxy) is 24. The van der Waals surface area contributed by atoms with Gasteiger partial charge in [-0.15, -0.1) is 0 Å². The third-order valence-electron chi connectivity index (χ3n) is 9.05. The molecule has 0 fully saturated rings. The van der Waals surface area contributed by atoms with Crippen molar-refractivity contribution in [1.29, 1.82) is 0 Å². The first-order valence-electron chi connectivity index (χ1n) is 26.7. The number of carbonyl (C=O) groups excluding carboxylic acids is 1. The molecule has 0 N–H and O–H groups in total. The van der Waals surface area contributed by atoms with E-state index in [1.807, 2.05) is 0 Å². The predicted octanol–water partition coefficient (Wildman–Crippen LogP) is 1.46. The van der Waals surface area contributed by atoms with Crippen LogP contribution in [0.1, 0.15) is 13.3 Å². The summed E-state index contributed by atoms with van der Waals surface area (Å²) in [6.45, 7) is 26.6. The minimum Gasteiger partial charge on any atom is -0.460 e. The van der Waals surface area contributed by atoms with Gasteiger partial charge < -0.3 is 114 Å². The van der Waals surface area contributed by atoms with Gasteiger partial charge in [-0.3, -0.25) is 0 Å². The SMILES string of the molecule is C=C(C)C(=O)OCCOCCOCCOCCOCCOCCOCCOCCOCCOCCCOCOCCOCCOCCOCCOCCOCCOCCOCCOCCOCCOCCOCCOC. The van der Waals surface area contributed by atoms with Gasteiger partial charge >= 0.3 is 5.97 Å². The Hall–Kier alpha value is -1.71. The molecule has 0 aromatic rings. The number of rotatable bonds is 70. The van der Waals surface area contributed by atoms with Gasteiger partial charge in [-0.2, -0.15) is 0 Å². The van der Waals surface area contributed by atoms with E-state index in [0.717, 1.165) is 6.42 Å². The van der Waals surface area contributed by atoms with Gasteiger partial charge in [-0.25, -0.2) is 4.79 Å². The van der Waals surface area contributed by atoms with Gasteiger partial charge in [0.1, 0.15) is 13.4 Å². The molecule has 0 aromatic carbocycles.